The molecule has 0 fully saturated rings. The molecule has 10 heteroatoms. The van der Waals surface area contributed by atoms with Gasteiger partial charge in [0.15, 0.2) is 11.3 Å². The van der Waals surface area contributed by atoms with Gasteiger partial charge >= 0.3 is 0 Å². The molecule has 9 aromatic rings. The average molecular weight is 871 g/mol. The monoisotopic (exact) mass is 870 g/mol. The van der Waals surface area contributed by atoms with E-state index in [1.165, 1.54) is 16.7 Å². The molecule has 1 radical (unpaired) electrons. The molecule has 0 bridgehead atoms. The van der Waals surface area contributed by atoms with Crippen molar-refractivity contribution in [2.24, 2.45) is 0 Å². The van der Waals surface area contributed by atoms with Crippen molar-refractivity contribution < 1.29 is 34.1 Å². The summed E-state index contributed by atoms with van der Waals surface area (Å²) in [6.45, 7) is 14.1. The second-order valence-corrected chi connectivity index (χ2v) is 12.3. The smallest absolute Gasteiger partial charge is 0.178 e. The van der Waals surface area contributed by atoms with Crippen LogP contribution in [0.4, 0.5) is 0 Å². The Hall–Kier alpha value is -5.77. The van der Waals surface area contributed by atoms with E-state index < -0.39 is 0 Å². The van der Waals surface area contributed by atoms with Gasteiger partial charge in [-0.3, -0.25) is 15.0 Å². The first-order valence-electron chi connectivity index (χ1n) is 20.9. The van der Waals surface area contributed by atoms with E-state index in [2.05, 4.69) is 87.5 Å². The second-order valence-electron chi connectivity index (χ2n) is 12.3. The SMILES string of the molecule is CC.CC.CC.Cc1cnc2ccc(Cc3ccccc3)nc2n1.[2H]Cc1cnc2ccc(Cc3ccccc3)nc2n1.[Y].[c-]1cnc2ccc(Cc3ccccc3)nc2n1. The fourth-order valence-electron chi connectivity index (χ4n) is 5.56. The molecule has 0 amide bonds. The molecule has 9 nitrogen and oxygen atoms in total. The minimum atomic E-state index is 0. The first-order valence-corrected chi connectivity index (χ1v) is 20.2. The molecule has 0 atom stereocenters. The van der Waals surface area contributed by atoms with Gasteiger partial charge in [0.2, 0.25) is 0 Å². The van der Waals surface area contributed by atoms with Crippen LogP contribution in [-0.2, 0) is 52.0 Å². The largest absolute Gasteiger partial charge is 0.433 e. The van der Waals surface area contributed by atoms with Crippen molar-refractivity contribution in [3.63, 3.8) is 0 Å². The molecule has 0 aliphatic heterocycles. The summed E-state index contributed by atoms with van der Waals surface area (Å²) in [5.74, 6) is 0. The maximum Gasteiger partial charge on any atom is 0.178 e. The summed E-state index contributed by atoms with van der Waals surface area (Å²) in [4.78, 5) is 39.1. The Bertz CT molecular complexity index is 2600. The maximum absolute atomic E-state index is 7.32. The van der Waals surface area contributed by atoms with Gasteiger partial charge < -0.3 is 9.97 Å². The molecule has 303 valence electrons. The number of rotatable bonds is 6. The number of hydrogen-bond acceptors (Lipinski definition) is 9. The van der Waals surface area contributed by atoms with Crippen LogP contribution in [0.1, 0.15) is 88.1 Å². The van der Waals surface area contributed by atoms with E-state index in [1.807, 2.05) is 139 Å². The quantitative estimate of drug-likeness (QED) is 0.151. The number of hydrogen-bond donors (Lipinski definition) is 0. The zero-order valence-electron chi connectivity index (χ0n) is 36.8. The van der Waals surface area contributed by atoms with Crippen molar-refractivity contribution in [2.75, 3.05) is 0 Å². The molecule has 6 aromatic heterocycles. The van der Waals surface area contributed by atoms with Crippen LogP contribution in [0.25, 0.3) is 33.5 Å². The topological polar surface area (TPSA) is 116 Å². The molecule has 0 N–H and O–H groups in total. The minimum absolute atomic E-state index is 0. The van der Waals surface area contributed by atoms with Crippen LogP contribution >= 0.6 is 0 Å². The Morgan fingerprint density at radius 3 is 1.22 bits per heavy atom. The van der Waals surface area contributed by atoms with Crippen LogP contribution in [-0.4, -0.2) is 44.9 Å². The fraction of sp³-hybridized carbons (Fsp3) is 0.220. The number of benzene rings is 3. The van der Waals surface area contributed by atoms with E-state index in [0.717, 1.165) is 64.2 Å². The normalized spacial score (nSPS) is 9.95. The van der Waals surface area contributed by atoms with Crippen LogP contribution in [0.15, 0.2) is 146 Å². The summed E-state index contributed by atoms with van der Waals surface area (Å²) in [5.41, 5.74) is 12.7. The summed E-state index contributed by atoms with van der Waals surface area (Å²) in [7, 11) is 0. The predicted molar refractivity (Wildman–Crippen MR) is 242 cm³/mol. The minimum Gasteiger partial charge on any atom is -0.433 e. The zero-order valence-corrected chi connectivity index (χ0v) is 38.6. The second kappa shape index (κ2) is 27.1. The van der Waals surface area contributed by atoms with Crippen LogP contribution < -0.4 is 0 Å². The summed E-state index contributed by atoms with van der Waals surface area (Å²) in [6, 6.07) is 42.6. The van der Waals surface area contributed by atoms with Gasteiger partial charge in [-0.05, 0) is 73.1 Å². The van der Waals surface area contributed by atoms with Crippen LogP contribution in [0, 0.1) is 20.0 Å². The van der Waals surface area contributed by atoms with Gasteiger partial charge in [-0.15, -0.1) is 6.20 Å². The molecule has 6 heterocycles. The van der Waals surface area contributed by atoms with Gasteiger partial charge in [-0.25, -0.2) is 19.9 Å². The zero-order chi connectivity index (χ0) is 43.0. The average Bonchev–Trinajstić information content (AvgIpc) is 3.32. The van der Waals surface area contributed by atoms with Crippen molar-refractivity contribution in [2.45, 2.75) is 74.6 Å². The predicted octanol–water partition coefficient (Wildman–Crippen LogP) is 11.3. The standard InChI is InChI=1S/2C15H13N3.C14H10N3.3C2H6.Y/c2*1-11-10-16-14-8-7-13(18-15(14)17-11)9-12-5-3-2-4-6-12;1-2-4-11(5-3-1)10-12-6-7-13-14(17-12)16-9-8-15-13;3*1-2;/h2*2-8,10H,9H2,1H3;1-8H,10H2;3*1-2H3;/q;;-1;;;;/i1D;;;;;;. The summed E-state index contributed by atoms with van der Waals surface area (Å²) in [5, 5.41) is 0. The Morgan fingerprint density at radius 1 is 0.433 bits per heavy atom. The van der Waals surface area contributed by atoms with Crippen molar-refractivity contribution in [1.82, 2.24) is 44.9 Å². The van der Waals surface area contributed by atoms with Gasteiger partial charge in [0.1, 0.15) is 11.0 Å². The Balaban J connectivity index is 0.000000228. The number of pyridine rings is 3. The first-order chi connectivity index (χ1) is 29.6. The molecule has 0 saturated heterocycles. The van der Waals surface area contributed by atoms with E-state index in [9.17, 15) is 0 Å². The van der Waals surface area contributed by atoms with Crippen LogP contribution in [0.2, 0.25) is 0 Å². The molecule has 60 heavy (non-hydrogen) atoms. The molecule has 9 rings (SSSR count). The Labute approximate surface area is 382 Å². The van der Waals surface area contributed by atoms with Crippen LogP contribution in [0.3, 0.4) is 0 Å². The van der Waals surface area contributed by atoms with Gasteiger partial charge in [-0.2, -0.15) is 0 Å². The van der Waals surface area contributed by atoms with Crippen molar-refractivity contribution in [3.8, 4) is 0 Å². The summed E-state index contributed by atoms with van der Waals surface area (Å²) >= 11 is 0. The molecule has 0 aliphatic carbocycles. The van der Waals surface area contributed by atoms with Gasteiger partial charge in [0, 0.05) is 94.0 Å². The third kappa shape index (κ3) is 15.4. The molecule has 0 spiro atoms. The number of aromatic nitrogens is 9. The molecular formula is C50H54N9Y-. The third-order valence-corrected chi connectivity index (χ3v) is 8.13. The van der Waals surface area contributed by atoms with Crippen LogP contribution in [0.5, 0.6) is 0 Å². The third-order valence-electron chi connectivity index (χ3n) is 8.13. The van der Waals surface area contributed by atoms with Crippen molar-refractivity contribution >= 4 is 33.5 Å². The molecule has 0 saturated carbocycles. The van der Waals surface area contributed by atoms with Gasteiger partial charge in [-0.1, -0.05) is 133 Å². The number of aryl methyl sites for hydroxylation is 2. The summed E-state index contributed by atoms with van der Waals surface area (Å²) in [6.07, 6.45) is 10.1. The van der Waals surface area contributed by atoms with Crippen molar-refractivity contribution in [3.05, 3.63) is 197 Å². The molecular weight excluding hydrogens is 816 g/mol. The Kier molecular flexibility index (Phi) is 21.2. The van der Waals surface area contributed by atoms with E-state index in [-0.39, 0.29) is 39.6 Å². The molecule has 0 unspecified atom stereocenters. The summed E-state index contributed by atoms with van der Waals surface area (Å²) < 4.78 is 7.32. The van der Waals surface area contributed by atoms with Gasteiger partial charge in [0.25, 0.3) is 0 Å². The first kappa shape index (κ1) is 46.9. The van der Waals surface area contributed by atoms with E-state index in [4.69, 9.17) is 1.37 Å². The van der Waals surface area contributed by atoms with Crippen molar-refractivity contribution in [1.29, 1.82) is 0 Å². The van der Waals surface area contributed by atoms with E-state index in [1.54, 1.807) is 18.6 Å². The molecule has 3 aromatic carbocycles. The number of fused-ring (bicyclic) bond motifs is 3. The van der Waals surface area contributed by atoms with E-state index >= 15 is 0 Å². The molecule has 0 aliphatic rings. The van der Waals surface area contributed by atoms with E-state index in [0.29, 0.717) is 17.0 Å². The van der Waals surface area contributed by atoms with Gasteiger partial charge in [0.05, 0.1) is 11.4 Å². The fourth-order valence-corrected chi connectivity index (χ4v) is 5.56. The maximum atomic E-state index is 7.32. The Morgan fingerprint density at radius 2 is 0.800 bits per heavy atom. The number of nitrogens with zero attached hydrogens (tertiary/aromatic N) is 9.